The van der Waals surface area contributed by atoms with Crippen molar-refractivity contribution >= 4 is 18.1 Å². The van der Waals surface area contributed by atoms with Crippen LogP contribution < -0.4 is 10.2 Å². The first-order chi connectivity index (χ1) is 17.3. The summed E-state index contributed by atoms with van der Waals surface area (Å²) >= 11 is 0. The zero-order chi connectivity index (χ0) is 25.7. The molecule has 1 aromatic heterocycles. The van der Waals surface area contributed by atoms with Gasteiger partial charge in [-0.25, -0.2) is 10.2 Å². The summed E-state index contributed by atoms with van der Waals surface area (Å²) in [6.45, 7) is 5.63. The van der Waals surface area contributed by atoms with Crippen LogP contribution >= 0.6 is 0 Å². The number of aryl methyl sites for hydroxylation is 2. The fourth-order valence-electron chi connectivity index (χ4n) is 4.06. The Morgan fingerprint density at radius 3 is 2.31 bits per heavy atom. The number of hydrogen-bond acceptors (Lipinski definition) is 4. The third kappa shape index (κ3) is 5.52. The molecule has 0 fully saturated rings. The van der Waals surface area contributed by atoms with Crippen molar-refractivity contribution in [3.8, 4) is 22.6 Å². The van der Waals surface area contributed by atoms with Crippen molar-refractivity contribution in [3.05, 3.63) is 107 Å². The minimum absolute atomic E-state index is 0.157. The van der Waals surface area contributed by atoms with Crippen LogP contribution in [0, 0.1) is 20.8 Å². The summed E-state index contributed by atoms with van der Waals surface area (Å²) in [6, 6.07) is 24.6. The SMILES string of the molecule is Cc1cc(C(=O)O)ccc1-n1c(C)cc(/C=N/NC(=O)COc2ccc(-c3ccccc3)cc2)c1C. The predicted octanol–water partition coefficient (Wildman–Crippen LogP) is 5.30. The van der Waals surface area contributed by atoms with E-state index in [4.69, 9.17) is 4.74 Å². The molecule has 4 rings (SSSR count). The van der Waals surface area contributed by atoms with Crippen LogP contribution in [0.25, 0.3) is 16.8 Å². The molecule has 0 aliphatic heterocycles. The van der Waals surface area contributed by atoms with Crippen LogP contribution in [0.4, 0.5) is 0 Å². The molecular weight excluding hydrogens is 454 g/mol. The third-order valence-electron chi connectivity index (χ3n) is 5.88. The summed E-state index contributed by atoms with van der Waals surface area (Å²) in [7, 11) is 0. The number of aromatic nitrogens is 1. The molecule has 1 heterocycles. The quantitative estimate of drug-likeness (QED) is 0.264. The van der Waals surface area contributed by atoms with E-state index in [0.29, 0.717) is 5.75 Å². The van der Waals surface area contributed by atoms with Crippen molar-refractivity contribution in [1.29, 1.82) is 0 Å². The number of carbonyl (C=O) groups excluding carboxylic acids is 1. The van der Waals surface area contributed by atoms with Crippen LogP contribution in [0.1, 0.15) is 32.9 Å². The number of nitrogens with one attached hydrogen (secondary N) is 1. The van der Waals surface area contributed by atoms with E-state index in [1.54, 1.807) is 24.4 Å². The van der Waals surface area contributed by atoms with E-state index in [0.717, 1.165) is 39.3 Å². The number of nitrogens with zero attached hydrogens (tertiary/aromatic N) is 2. The van der Waals surface area contributed by atoms with Crippen molar-refractivity contribution in [2.75, 3.05) is 6.61 Å². The lowest BCUT2D eigenvalue weighted by molar-refractivity contribution is -0.123. The van der Waals surface area contributed by atoms with Crippen molar-refractivity contribution < 1.29 is 19.4 Å². The fraction of sp³-hybridized carbons (Fsp3) is 0.138. The molecule has 7 nitrogen and oxygen atoms in total. The summed E-state index contributed by atoms with van der Waals surface area (Å²) in [5.74, 6) is -0.726. The van der Waals surface area contributed by atoms with Gasteiger partial charge in [-0.05, 0) is 73.9 Å². The molecule has 0 unspecified atom stereocenters. The minimum atomic E-state index is -0.956. The second-order valence-electron chi connectivity index (χ2n) is 8.44. The lowest BCUT2D eigenvalue weighted by atomic mass is 10.1. The summed E-state index contributed by atoms with van der Waals surface area (Å²) in [6.07, 6.45) is 1.59. The minimum Gasteiger partial charge on any atom is -0.484 e. The van der Waals surface area contributed by atoms with E-state index in [2.05, 4.69) is 10.5 Å². The van der Waals surface area contributed by atoms with Gasteiger partial charge < -0.3 is 14.4 Å². The molecule has 0 spiro atoms. The van der Waals surface area contributed by atoms with Gasteiger partial charge in [-0.3, -0.25) is 4.79 Å². The molecule has 4 aromatic rings. The van der Waals surface area contributed by atoms with E-state index in [9.17, 15) is 14.7 Å². The Bertz CT molecular complexity index is 1420. The molecular formula is C29H27N3O4. The molecule has 7 heteroatoms. The van der Waals surface area contributed by atoms with Crippen LogP contribution in [-0.2, 0) is 4.79 Å². The largest absolute Gasteiger partial charge is 0.484 e. The highest BCUT2D eigenvalue weighted by Gasteiger charge is 2.13. The van der Waals surface area contributed by atoms with Crippen LogP contribution in [-0.4, -0.2) is 34.4 Å². The highest BCUT2D eigenvalue weighted by atomic mass is 16.5. The van der Waals surface area contributed by atoms with Gasteiger partial charge in [0.25, 0.3) is 5.91 Å². The fourth-order valence-corrected chi connectivity index (χ4v) is 4.06. The zero-order valence-electron chi connectivity index (χ0n) is 20.4. The van der Waals surface area contributed by atoms with E-state index >= 15 is 0 Å². The highest BCUT2D eigenvalue weighted by molar-refractivity contribution is 5.88. The Kier molecular flexibility index (Phi) is 7.30. The van der Waals surface area contributed by atoms with Crippen LogP contribution in [0.15, 0.2) is 84.0 Å². The summed E-state index contributed by atoms with van der Waals surface area (Å²) < 4.78 is 7.61. The number of aromatic carboxylic acids is 1. The van der Waals surface area contributed by atoms with Gasteiger partial charge in [0, 0.05) is 22.6 Å². The number of hydrogen-bond donors (Lipinski definition) is 2. The molecule has 2 N–H and O–H groups in total. The average molecular weight is 482 g/mol. The van der Waals surface area contributed by atoms with E-state index < -0.39 is 5.97 Å². The van der Waals surface area contributed by atoms with Gasteiger partial charge in [0.15, 0.2) is 6.61 Å². The third-order valence-corrected chi connectivity index (χ3v) is 5.88. The Balaban J connectivity index is 1.36. The van der Waals surface area contributed by atoms with Gasteiger partial charge in [-0.2, -0.15) is 5.10 Å². The molecule has 0 radical (unpaired) electrons. The molecule has 3 aromatic carbocycles. The van der Waals surface area contributed by atoms with E-state index in [1.165, 1.54) is 0 Å². The molecule has 182 valence electrons. The smallest absolute Gasteiger partial charge is 0.335 e. The summed E-state index contributed by atoms with van der Waals surface area (Å²) in [4.78, 5) is 23.4. The van der Waals surface area contributed by atoms with Crippen molar-refractivity contribution in [2.45, 2.75) is 20.8 Å². The predicted molar refractivity (Wildman–Crippen MR) is 140 cm³/mol. The van der Waals surface area contributed by atoms with Gasteiger partial charge >= 0.3 is 5.97 Å². The summed E-state index contributed by atoms with van der Waals surface area (Å²) in [5, 5.41) is 13.3. The van der Waals surface area contributed by atoms with Crippen molar-refractivity contribution in [2.24, 2.45) is 5.10 Å². The van der Waals surface area contributed by atoms with Crippen molar-refractivity contribution in [1.82, 2.24) is 9.99 Å². The second-order valence-corrected chi connectivity index (χ2v) is 8.44. The number of carboxylic acids is 1. The monoisotopic (exact) mass is 481 g/mol. The number of ether oxygens (including phenoxy) is 1. The number of benzene rings is 3. The zero-order valence-corrected chi connectivity index (χ0v) is 20.4. The normalized spacial score (nSPS) is 11.0. The average Bonchev–Trinajstić information content (AvgIpc) is 3.16. The molecule has 36 heavy (non-hydrogen) atoms. The maximum absolute atomic E-state index is 12.2. The highest BCUT2D eigenvalue weighted by Crippen LogP contribution is 2.24. The van der Waals surface area contributed by atoms with Gasteiger partial charge in [0.2, 0.25) is 0 Å². The molecule has 0 aliphatic carbocycles. The number of carbonyl (C=O) groups is 2. The van der Waals surface area contributed by atoms with E-state index in [1.807, 2.05) is 86.0 Å². The Labute approximate surface area is 209 Å². The van der Waals surface area contributed by atoms with Gasteiger partial charge in [0.1, 0.15) is 5.75 Å². The maximum Gasteiger partial charge on any atom is 0.335 e. The molecule has 0 saturated carbocycles. The number of amides is 1. The standard InChI is InChI=1S/C29H27N3O4/c1-19-15-24(29(34)35)11-14-27(19)32-20(2)16-25(21(32)3)17-30-31-28(33)18-36-26-12-9-23(10-13-26)22-7-5-4-6-8-22/h4-17H,18H2,1-3H3,(H,31,33)(H,34,35)/b30-17+. The second kappa shape index (κ2) is 10.7. The van der Waals surface area contributed by atoms with Gasteiger partial charge in [-0.1, -0.05) is 42.5 Å². The lowest BCUT2D eigenvalue weighted by Crippen LogP contribution is -2.24. The first-order valence-electron chi connectivity index (χ1n) is 11.5. The first kappa shape index (κ1) is 24.5. The topological polar surface area (TPSA) is 92.9 Å². The molecule has 1 amide bonds. The van der Waals surface area contributed by atoms with Crippen molar-refractivity contribution in [3.63, 3.8) is 0 Å². The lowest BCUT2D eigenvalue weighted by Gasteiger charge is -2.13. The summed E-state index contributed by atoms with van der Waals surface area (Å²) in [5.41, 5.74) is 9.40. The number of carboxylic acid groups (broad SMARTS) is 1. The molecule has 0 saturated heterocycles. The van der Waals surface area contributed by atoms with Crippen LogP contribution in [0.3, 0.4) is 0 Å². The van der Waals surface area contributed by atoms with Crippen LogP contribution in [0.2, 0.25) is 0 Å². The number of hydrazone groups is 1. The molecule has 0 aliphatic rings. The Hall–Kier alpha value is -4.65. The van der Waals surface area contributed by atoms with E-state index in [-0.39, 0.29) is 18.1 Å². The first-order valence-corrected chi connectivity index (χ1v) is 11.5. The van der Waals surface area contributed by atoms with Crippen LogP contribution in [0.5, 0.6) is 5.75 Å². The number of rotatable bonds is 8. The van der Waals surface area contributed by atoms with Gasteiger partial charge in [-0.15, -0.1) is 0 Å². The Morgan fingerprint density at radius 1 is 0.944 bits per heavy atom. The molecule has 0 bridgehead atoms. The molecule has 0 atom stereocenters. The van der Waals surface area contributed by atoms with Gasteiger partial charge in [0.05, 0.1) is 11.8 Å². The maximum atomic E-state index is 12.2. The Morgan fingerprint density at radius 2 is 1.64 bits per heavy atom.